The summed E-state index contributed by atoms with van der Waals surface area (Å²) in [5, 5.41) is 0.724. The highest BCUT2D eigenvalue weighted by atomic mass is 35.5. The highest BCUT2D eigenvalue weighted by Gasteiger charge is 2.13. The number of halogens is 1. The molecule has 200 valence electrons. The molecule has 0 heterocycles. The summed E-state index contributed by atoms with van der Waals surface area (Å²) in [5.41, 5.74) is 6.18. The topological polar surface area (TPSA) is 38.8 Å². The van der Waals surface area contributed by atoms with Crippen molar-refractivity contribution in [1.29, 1.82) is 0 Å². The second kappa shape index (κ2) is 13.8. The normalized spacial score (nSPS) is 11.7. The van der Waals surface area contributed by atoms with Crippen LogP contribution in [0, 0.1) is 0 Å². The number of carbonyl (C=O) groups excluding carboxylic acids is 1. The number of esters is 1. The van der Waals surface area contributed by atoms with Crippen LogP contribution in [0.5, 0.6) is 11.5 Å². The van der Waals surface area contributed by atoms with E-state index in [1.807, 2.05) is 66.7 Å². The zero-order valence-corrected chi connectivity index (χ0v) is 23.4. The van der Waals surface area contributed by atoms with E-state index in [1.54, 1.807) is 12.1 Å². The number of hydrogen-bond acceptors (Lipinski definition) is 4. The quantitative estimate of drug-likeness (QED) is 0.110. The van der Waals surface area contributed by atoms with E-state index in [1.165, 1.54) is 11.1 Å². The average molecular weight is 540 g/mol. The first-order valence-electron chi connectivity index (χ1n) is 13.1. The number of nitrogens with zero attached hydrogens (tertiary/aromatic N) is 1. The summed E-state index contributed by atoms with van der Waals surface area (Å²) in [4.78, 5) is 14.6. The SMILES string of the molecule is C/C(Cc1ccc(Cl)cc1)=C(\c1ccc(OCCCN(C)C)cc1)c1ccc(OC(=O)c2ccccc2)cc1. The van der Waals surface area contributed by atoms with Gasteiger partial charge in [0.25, 0.3) is 0 Å². The van der Waals surface area contributed by atoms with Gasteiger partial charge in [0.05, 0.1) is 12.2 Å². The zero-order chi connectivity index (χ0) is 27.6. The molecule has 0 N–H and O–H groups in total. The predicted octanol–water partition coefficient (Wildman–Crippen LogP) is 7.95. The van der Waals surface area contributed by atoms with Crippen LogP contribution in [-0.4, -0.2) is 38.1 Å². The van der Waals surface area contributed by atoms with Crippen LogP contribution in [0.3, 0.4) is 0 Å². The lowest BCUT2D eigenvalue weighted by Crippen LogP contribution is -2.15. The van der Waals surface area contributed by atoms with Gasteiger partial charge in [-0.25, -0.2) is 4.79 Å². The summed E-state index contributed by atoms with van der Waals surface area (Å²) in [6.07, 6.45) is 1.75. The Morgan fingerprint density at radius 1 is 0.744 bits per heavy atom. The van der Waals surface area contributed by atoms with E-state index in [0.717, 1.165) is 46.9 Å². The van der Waals surface area contributed by atoms with E-state index in [9.17, 15) is 4.79 Å². The fourth-order valence-corrected chi connectivity index (χ4v) is 4.50. The van der Waals surface area contributed by atoms with Crippen LogP contribution >= 0.6 is 11.6 Å². The largest absolute Gasteiger partial charge is 0.494 e. The lowest BCUT2D eigenvalue weighted by molar-refractivity contribution is 0.0734. The molecule has 0 unspecified atom stereocenters. The molecule has 0 aliphatic carbocycles. The van der Waals surface area contributed by atoms with Crippen molar-refractivity contribution in [2.75, 3.05) is 27.2 Å². The number of hydrogen-bond donors (Lipinski definition) is 0. The minimum atomic E-state index is -0.376. The minimum absolute atomic E-state index is 0.376. The number of allylic oxidation sites excluding steroid dienone is 1. The van der Waals surface area contributed by atoms with Gasteiger partial charge in [-0.1, -0.05) is 71.8 Å². The molecule has 0 saturated heterocycles. The van der Waals surface area contributed by atoms with Crippen molar-refractivity contribution in [1.82, 2.24) is 4.90 Å². The van der Waals surface area contributed by atoms with Gasteiger partial charge in [0.1, 0.15) is 11.5 Å². The fraction of sp³-hybridized carbons (Fsp3) is 0.206. The summed E-state index contributed by atoms with van der Waals surface area (Å²) in [6, 6.07) is 32.9. The Balaban J connectivity index is 1.57. The van der Waals surface area contributed by atoms with Gasteiger partial charge in [-0.05, 0) is 105 Å². The standard InChI is InChI=1S/C34H34ClNO3/c1-25(24-26-10-16-30(35)17-11-26)33(27-12-18-31(19-13-27)38-23-7-22-36(2)3)28-14-20-32(21-15-28)39-34(37)29-8-5-4-6-9-29/h4-6,8-21H,7,22-24H2,1-3H3/b33-25-. The number of rotatable bonds is 11. The Labute approximate surface area is 236 Å². The number of carbonyl (C=O) groups is 1. The zero-order valence-electron chi connectivity index (χ0n) is 22.7. The maximum atomic E-state index is 12.5. The molecule has 4 nitrogen and oxygen atoms in total. The van der Waals surface area contributed by atoms with Crippen LogP contribution in [0.2, 0.25) is 5.02 Å². The molecular formula is C34H34ClNO3. The first-order valence-corrected chi connectivity index (χ1v) is 13.5. The molecule has 5 heteroatoms. The molecule has 0 spiro atoms. The second-order valence-electron chi connectivity index (χ2n) is 9.77. The maximum Gasteiger partial charge on any atom is 0.343 e. The summed E-state index contributed by atoms with van der Waals surface area (Å²) in [6.45, 7) is 3.82. The third kappa shape index (κ3) is 8.31. The average Bonchev–Trinajstić information content (AvgIpc) is 2.94. The van der Waals surface area contributed by atoms with Crippen molar-refractivity contribution < 1.29 is 14.3 Å². The van der Waals surface area contributed by atoms with Crippen LogP contribution in [0.4, 0.5) is 0 Å². The summed E-state index contributed by atoms with van der Waals surface area (Å²) < 4.78 is 11.5. The molecule has 0 aliphatic heterocycles. The van der Waals surface area contributed by atoms with Gasteiger partial charge >= 0.3 is 5.97 Å². The van der Waals surface area contributed by atoms with Crippen LogP contribution < -0.4 is 9.47 Å². The van der Waals surface area contributed by atoms with Gasteiger partial charge in [0.15, 0.2) is 0 Å². The van der Waals surface area contributed by atoms with Gasteiger partial charge < -0.3 is 14.4 Å². The highest BCUT2D eigenvalue weighted by molar-refractivity contribution is 6.30. The van der Waals surface area contributed by atoms with E-state index in [4.69, 9.17) is 21.1 Å². The second-order valence-corrected chi connectivity index (χ2v) is 10.2. The Bertz CT molecular complexity index is 1380. The smallest absolute Gasteiger partial charge is 0.343 e. The molecule has 0 radical (unpaired) electrons. The van der Waals surface area contributed by atoms with Crippen molar-refractivity contribution in [3.63, 3.8) is 0 Å². The molecule has 4 aromatic carbocycles. The molecule has 0 amide bonds. The molecule has 0 saturated carbocycles. The Morgan fingerprint density at radius 3 is 1.92 bits per heavy atom. The maximum absolute atomic E-state index is 12.5. The van der Waals surface area contributed by atoms with E-state index in [0.29, 0.717) is 17.9 Å². The van der Waals surface area contributed by atoms with E-state index in [2.05, 4.69) is 50.2 Å². The van der Waals surface area contributed by atoms with Crippen LogP contribution in [0.1, 0.15) is 40.4 Å². The predicted molar refractivity (Wildman–Crippen MR) is 160 cm³/mol. The van der Waals surface area contributed by atoms with Crippen LogP contribution in [0.25, 0.3) is 5.57 Å². The van der Waals surface area contributed by atoms with Gasteiger partial charge in [-0.2, -0.15) is 0 Å². The lowest BCUT2D eigenvalue weighted by atomic mass is 9.90. The van der Waals surface area contributed by atoms with E-state index >= 15 is 0 Å². The summed E-state index contributed by atoms with van der Waals surface area (Å²) in [7, 11) is 4.13. The fourth-order valence-electron chi connectivity index (χ4n) is 4.37. The van der Waals surface area contributed by atoms with Gasteiger partial charge in [0, 0.05) is 11.6 Å². The lowest BCUT2D eigenvalue weighted by Gasteiger charge is -2.16. The molecule has 0 atom stereocenters. The molecule has 0 aromatic heterocycles. The minimum Gasteiger partial charge on any atom is -0.494 e. The molecule has 39 heavy (non-hydrogen) atoms. The first-order chi connectivity index (χ1) is 18.9. The third-order valence-corrected chi connectivity index (χ3v) is 6.59. The molecular weight excluding hydrogens is 506 g/mol. The molecule has 0 bridgehead atoms. The van der Waals surface area contributed by atoms with Gasteiger partial charge in [-0.3, -0.25) is 0 Å². The van der Waals surface area contributed by atoms with Crippen molar-refractivity contribution in [2.24, 2.45) is 0 Å². The third-order valence-electron chi connectivity index (χ3n) is 6.33. The summed E-state index contributed by atoms with van der Waals surface area (Å²) in [5.74, 6) is 0.985. The van der Waals surface area contributed by atoms with Gasteiger partial charge in [-0.15, -0.1) is 0 Å². The summed E-state index contributed by atoms with van der Waals surface area (Å²) >= 11 is 6.11. The Kier molecular flexibility index (Phi) is 9.96. The van der Waals surface area contributed by atoms with E-state index in [-0.39, 0.29) is 5.97 Å². The Morgan fingerprint density at radius 2 is 1.33 bits per heavy atom. The van der Waals surface area contributed by atoms with Crippen molar-refractivity contribution in [2.45, 2.75) is 19.8 Å². The van der Waals surface area contributed by atoms with Gasteiger partial charge in [0.2, 0.25) is 0 Å². The van der Waals surface area contributed by atoms with Crippen molar-refractivity contribution in [3.05, 3.63) is 136 Å². The molecule has 4 aromatic rings. The van der Waals surface area contributed by atoms with Crippen molar-refractivity contribution in [3.8, 4) is 11.5 Å². The van der Waals surface area contributed by atoms with Crippen LogP contribution in [0.15, 0.2) is 109 Å². The highest BCUT2D eigenvalue weighted by Crippen LogP contribution is 2.31. The van der Waals surface area contributed by atoms with Crippen LogP contribution in [-0.2, 0) is 6.42 Å². The molecule has 4 rings (SSSR count). The number of ether oxygens (including phenoxy) is 2. The monoisotopic (exact) mass is 539 g/mol. The van der Waals surface area contributed by atoms with Crippen molar-refractivity contribution >= 4 is 23.1 Å². The number of benzene rings is 4. The van der Waals surface area contributed by atoms with E-state index < -0.39 is 0 Å². The first kappa shape index (κ1) is 28.2. The Hall–Kier alpha value is -3.86. The molecule has 0 aliphatic rings. The molecule has 0 fully saturated rings.